The summed E-state index contributed by atoms with van der Waals surface area (Å²) in [6.45, 7) is 4.27. The maximum Gasteiger partial charge on any atom is 0.251 e. The lowest BCUT2D eigenvalue weighted by molar-refractivity contribution is -0.124. The van der Waals surface area contributed by atoms with E-state index < -0.39 is 6.04 Å². The SMILES string of the molecule is CC[C@H](C)[C@H](NC(=O)c1ccccc1)C(=O)NCc1cn2ccccc2n1. The highest BCUT2D eigenvalue weighted by molar-refractivity contribution is 5.97. The number of carbonyl (C=O) groups excluding carboxylic acids is 2. The first-order valence-electron chi connectivity index (χ1n) is 9.14. The Morgan fingerprint density at radius 3 is 2.56 bits per heavy atom. The third kappa shape index (κ3) is 4.53. The lowest BCUT2D eigenvalue weighted by Gasteiger charge is -2.23. The Hall–Kier alpha value is -3.15. The van der Waals surface area contributed by atoms with E-state index in [2.05, 4.69) is 15.6 Å². The van der Waals surface area contributed by atoms with E-state index >= 15 is 0 Å². The first-order valence-corrected chi connectivity index (χ1v) is 9.14. The molecule has 0 unspecified atom stereocenters. The number of nitrogens with zero attached hydrogens (tertiary/aromatic N) is 2. The van der Waals surface area contributed by atoms with Crippen molar-refractivity contribution in [3.05, 3.63) is 72.2 Å². The second-order valence-corrected chi connectivity index (χ2v) is 6.62. The van der Waals surface area contributed by atoms with E-state index in [0.717, 1.165) is 17.8 Å². The maximum atomic E-state index is 12.7. The number of hydrogen-bond acceptors (Lipinski definition) is 3. The summed E-state index contributed by atoms with van der Waals surface area (Å²) < 4.78 is 1.91. The number of amides is 2. The van der Waals surface area contributed by atoms with Crippen LogP contribution in [0, 0.1) is 5.92 Å². The first kappa shape index (κ1) is 18.6. The zero-order valence-electron chi connectivity index (χ0n) is 15.6. The Labute approximate surface area is 158 Å². The van der Waals surface area contributed by atoms with Gasteiger partial charge in [0, 0.05) is 18.0 Å². The van der Waals surface area contributed by atoms with Gasteiger partial charge < -0.3 is 15.0 Å². The maximum absolute atomic E-state index is 12.7. The smallest absolute Gasteiger partial charge is 0.251 e. The van der Waals surface area contributed by atoms with Crippen molar-refractivity contribution in [1.82, 2.24) is 20.0 Å². The molecular weight excluding hydrogens is 340 g/mol. The second kappa shape index (κ2) is 8.49. The molecule has 2 N–H and O–H groups in total. The van der Waals surface area contributed by atoms with Crippen molar-refractivity contribution in [3.63, 3.8) is 0 Å². The zero-order valence-corrected chi connectivity index (χ0v) is 15.6. The molecule has 2 heterocycles. The summed E-state index contributed by atoms with van der Waals surface area (Å²) >= 11 is 0. The van der Waals surface area contributed by atoms with E-state index in [1.165, 1.54) is 0 Å². The average Bonchev–Trinajstić information content (AvgIpc) is 3.13. The summed E-state index contributed by atoms with van der Waals surface area (Å²) in [5.74, 6) is -0.437. The van der Waals surface area contributed by atoms with Gasteiger partial charge in [-0.2, -0.15) is 0 Å². The molecule has 2 aromatic heterocycles. The van der Waals surface area contributed by atoms with Gasteiger partial charge in [0.2, 0.25) is 5.91 Å². The lowest BCUT2D eigenvalue weighted by atomic mass is 9.98. The fourth-order valence-corrected chi connectivity index (χ4v) is 2.88. The number of imidazole rings is 1. The molecule has 2 atom stereocenters. The molecule has 3 rings (SSSR count). The Bertz CT molecular complexity index is 887. The van der Waals surface area contributed by atoms with Crippen LogP contribution >= 0.6 is 0 Å². The molecule has 6 heteroatoms. The van der Waals surface area contributed by atoms with Gasteiger partial charge in [-0.1, -0.05) is 44.5 Å². The van der Waals surface area contributed by atoms with Crippen LogP contribution in [0.2, 0.25) is 0 Å². The number of fused-ring (bicyclic) bond motifs is 1. The summed E-state index contributed by atoms with van der Waals surface area (Å²) in [5, 5.41) is 5.77. The highest BCUT2D eigenvalue weighted by Gasteiger charge is 2.26. The Morgan fingerprint density at radius 1 is 1.11 bits per heavy atom. The molecular formula is C21H24N4O2. The zero-order chi connectivity index (χ0) is 19.2. The number of aromatic nitrogens is 2. The van der Waals surface area contributed by atoms with Crippen molar-refractivity contribution in [2.24, 2.45) is 5.92 Å². The van der Waals surface area contributed by atoms with Gasteiger partial charge in [0.25, 0.3) is 5.91 Å². The van der Waals surface area contributed by atoms with Crippen molar-refractivity contribution in [2.75, 3.05) is 0 Å². The molecule has 0 aliphatic rings. The monoisotopic (exact) mass is 364 g/mol. The molecule has 2 amide bonds. The summed E-state index contributed by atoms with van der Waals surface area (Å²) in [6.07, 6.45) is 4.58. The van der Waals surface area contributed by atoms with Crippen LogP contribution in [0.25, 0.3) is 5.65 Å². The largest absolute Gasteiger partial charge is 0.349 e. The predicted molar refractivity (Wildman–Crippen MR) is 104 cm³/mol. The molecule has 0 fully saturated rings. The number of nitrogens with one attached hydrogen (secondary N) is 2. The highest BCUT2D eigenvalue weighted by Crippen LogP contribution is 2.10. The number of carbonyl (C=O) groups is 2. The van der Waals surface area contributed by atoms with Crippen molar-refractivity contribution in [3.8, 4) is 0 Å². The highest BCUT2D eigenvalue weighted by atomic mass is 16.2. The molecule has 0 aliphatic heterocycles. The molecule has 0 bridgehead atoms. The quantitative estimate of drug-likeness (QED) is 0.677. The van der Waals surface area contributed by atoms with Gasteiger partial charge in [-0.05, 0) is 30.2 Å². The van der Waals surface area contributed by atoms with Gasteiger partial charge in [0.15, 0.2) is 0 Å². The predicted octanol–water partition coefficient (Wildman–Crippen LogP) is 2.80. The molecule has 1 aromatic carbocycles. The Balaban J connectivity index is 1.66. The van der Waals surface area contributed by atoms with Crippen molar-refractivity contribution in [2.45, 2.75) is 32.9 Å². The topological polar surface area (TPSA) is 75.5 Å². The fourth-order valence-electron chi connectivity index (χ4n) is 2.88. The van der Waals surface area contributed by atoms with Gasteiger partial charge in [-0.3, -0.25) is 9.59 Å². The lowest BCUT2D eigenvalue weighted by Crippen LogP contribution is -2.50. The Morgan fingerprint density at radius 2 is 1.85 bits per heavy atom. The van der Waals surface area contributed by atoms with Crippen LogP contribution in [0.1, 0.15) is 36.3 Å². The Kier molecular flexibility index (Phi) is 5.86. The minimum atomic E-state index is -0.597. The normalized spacial score (nSPS) is 13.1. The van der Waals surface area contributed by atoms with E-state index in [1.807, 2.05) is 54.9 Å². The minimum Gasteiger partial charge on any atom is -0.349 e. The van der Waals surface area contributed by atoms with Crippen molar-refractivity contribution < 1.29 is 9.59 Å². The van der Waals surface area contributed by atoms with Gasteiger partial charge in [-0.15, -0.1) is 0 Å². The van der Waals surface area contributed by atoms with Crippen LogP contribution in [0.15, 0.2) is 60.9 Å². The number of pyridine rings is 1. The number of benzene rings is 1. The molecule has 140 valence electrons. The van der Waals surface area contributed by atoms with Crippen LogP contribution in [-0.2, 0) is 11.3 Å². The fraction of sp³-hybridized carbons (Fsp3) is 0.286. The summed E-state index contributed by atoms with van der Waals surface area (Å²) in [7, 11) is 0. The van der Waals surface area contributed by atoms with Gasteiger partial charge in [0.05, 0.1) is 12.2 Å². The molecule has 27 heavy (non-hydrogen) atoms. The van der Waals surface area contributed by atoms with E-state index in [0.29, 0.717) is 12.1 Å². The molecule has 0 saturated heterocycles. The molecule has 0 spiro atoms. The number of rotatable bonds is 7. The van der Waals surface area contributed by atoms with Gasteiger partial charge in [0.1, 0.15) is 11.7 Å². The summed E-state index contributed by atoms with van der Waals surface area (Å²) in [5.41, 5.74) is 2.14. The molecule has 0 radical (unpaired) electrons. The van der Waals surface area contributed by atoms with Crippen molar-refractivity contribution in [1.29, 1.82) is 0 Å². The third-order valence-electron chi connectivity index (χ3n) is 4.68. The van der Waals surface area contributed by atoms with Gasteiger partial charge in [-0.25, -0.2) is 4.98 Å². The van der Waals surface area contributed by atoms with Crippen LogP contribution < -0.4 is 10.6 Å². The molecule has 6 nitrogen and oxygen atoms in total. The number of hydrogen-bond donors (Lipinski definition) is 2. The minimum absolute atomic E-state index is 0.0127. The first-order chi connectivity index (χ1) is 13.1. The van der Waals surface area contributed by atoms with Crippen LogP contribution in [0.5, 0.6) is 0 Å². The van der Waals surface area contributed by atoms with Crippen LogP contribution in [0.4, 0.5) is 0 Å². The molecule has 0 saturated carbocycles. The summed E-state index contributed by atoms with van der Waals surface area (Å²) in [6, 6.07) is 14.1. The standard InChI is InChI=1S/C21H24N4O2/c1-3-15(2)19(24-20(26)16-9-5-4-6-10-16)21(27)22-13-17-14-25-12-8-7-11-18(25)23-17/h4-12,14-15,19H,3,13H2,1-2H3,(H,22,27)(H,24,26)/t15-,19-/m0/s1. The third-order valence-corrected chi connectivity index (χ3v) is 4.68. The van der Waals surface area contributed by atoms with E-state index in [-0.39, 0.29) is 17.7 Å². The molecule has 3 aromatic rings. The summed E-state index contributed by atoms with van der Waals surface area (Å²) in [4.78, 5) is 29.7. The second-order valence-electron chi connectivity index (χ2n) is 6.62. The van der Waals surface area contributed by atoms with Gasteiger partial charge >= 0.3 is 0 Å². The van der Waals surface area contributed by atoms with E-state index in [9.17, 15) is 9.59 Å². The van der Waals surface area contributed by atoms with E-state index in [4.69, 9.17) is 0 Å². The molecule has 0 aliphatic carbocycles. The van der Waals surface area contributed by atoms with Crippen molar-refractivity contribution >= 4 is 17.5 Å². The van der Waals surface area contributed by atoms with Crippen LogP contribution in [-0.4, -0.2) is 27.2 Å². The van der Waals surface area contributed by atoms with Crippen LogP contribution in [0.3, 0.4) is 0 Å². The average molecular weight is 364 g/mol. The van der Waals surface area contributed by atoms with E-state index in [1.54, 1.807) is 24.3 Å².